The third-order valence-corrected chi connectivity index (χ3v) is 7.67. The molecule has 1 aromatic rings. The van der Waals surface area contributed by atoms with E-state index in [2.05, 4.69) is 36.5 Å². The average Bonchev–Trinajstić information content (AvgIpc) is 3.41. The standard InChI is InChI=1S/C21H36N6OS/c1-24-20(22-23-21(24)29-16-15-25-10-6-7-11-25)18-9-8-14-27(18)17-19(28)26-12-4-2-3-5-13-26/h18H,2-17H2,1H3. The fraction of sp³-hybridized carbons (Fsp3) is 0.857. The Labute approximate surface area is 179 Å². The number of likely N-dealkylation sites (tertiary alicyclic amines) is 3. The molecule has 0 spiro atoms. The van der Waals surface area contributed by atoms with E-state index in [-0.39, 0.29) is 6.04 Å². The summed E-state index contributed by atoms with van der Waals surface area (Å²) in [5.41, 5.74) is 0. The smallest absolute Gasteiger partial charge is 0.236 e. The molecule has 162 valence electrons. The minimum Gasteiger partial charge on any atom is -0.342 e. The van der Waals surface area contributed by atoms with Crippen LogP contribution < -0.4 is 0 Å². The van der Waals surface area contributed by atoms with Crippen LogP contribution in [-0.2, 0) is 11.8 Å². The summed E-state index contributed by atoms with van der Waals surface area (Å²) >= 11 is 1.81. The first-order valence-electron chi connectivity index (χ1n) is 11.5. The molecule has 3 fully saturated rings. The molecule has 0 radical (unpaired) electrons. The molecule has 1 aromatic heterocycles. The van der Waals surface area contributed by atoms with Gasteiger partial charge in [0.1, 0.15) is 0 Å². The minimum atomic E-state index is 0.219. The maximum Gasteiger partial charge on any atom is 0.236 e. The van der Waals surface area contributed by atoms with Gasteiger partial charge in [-0.2, -0.15) is 0 Å². The number of carbonyl (C=O) groups is 1. The van der Waals surface area contributed by atoms with E-state index in [9.17, 15) is 4.79 Å². The molecule has 8 heteroatoms. The Hall–Kier alpha value is -1.12. The lowest BCUT2D eigenvalue weighted by molar-refractivity contribution is -0.132. The summed E-state index contributed by atoms with van der Waals surface area (Å²) in [7, 11) is 2.08. The predicted molar refractivity (Wildman–Crippen MR) is 116 cm³/mol. The third kappa shape index (κ3) is 5.33. The van der Waals surface area contributed by atoms with E-state index in [0.717, 1.165) is 68.6 Å². The third-order valence-electron chi connectivity index (χ3n) is 6.66. The van der Waals surface area contributed by atoms with Crippen molar-refractivity contribution in [1.29, 1.82) is 0 Å². The summed E-state index contributed by atoms with van der Waals surface area (Å²) in [6.45, 7) is 6.98. The molecule has 0 aromatic carbocycles. The van der Waals surface area contributed by atoms with Gasteiger partial charge in [-0.05, 0) is 58.2 Å². The highest BCUT2D eigenvalue weighted by Crippen LogP contribution is 2.32. The Morgan fingerprint density at radius 1 is 0.966 bits per heavy atom. The molecule has 7 nitrogen and oxygen atoms in total. The Kier molecular flexibility index (Phi) is 7.48. The number of aromatic nitrogens is 3. The van der Waals surface area contributed by atoms with Gasteiger partial charge in [0.25, 0.3) is 0 Å². The van der Waals surface area contributed by atoms with Gasteiger partial charge in [-0.3, -0.25) is 9.69 Å². The summed E-state index contributed by atoms with van der Waals surface area (Å²) < 4.78 is 2.16. The van der Waals surface area contributed by atoms with E-state index in [0.29, 0.717) is 12.5 Å². The Bertz CT molecular complexity index is 666. The fourth-order valence-electron chi connectivity index (χ4n) is 4.92. The van der Waals surface area contributed by atoms with Crippen LogP contribution in [0.1, 0.15) is 63.2 Å². The molecule has 0 saturated carbocycles. The van der Waals surface area contributed by atoms with Gasteiger partial charge in [-0.25, -0.2) is 0 Å². The monoisotopic (exact) mass is 420 g/mol. The van der Waals surface area contributed by atoms with Crippen molar-refractivity contribution in [3.05, 3.63) is 5.82 Å². The summed E-state index contributed by atoms with van der Waals surface area (Å²) in [5.74, 6) is 2.38. The van der Waals surface area contributed by atoms with Gasteiger partial charge in [0.05, 0.1) is 12.6 Å². The minimum absolute atomic E-state index is 0.219. The normalized spacial score (nSPS) is 24.3. The van der Waals surface area contributed by atoms with Crippen LogP contribution in [-0.4, -0.2) is 86.9 Å². The van der Waals surface area contributed by atoms with Gasteiger partial charge in [-0.15, -0.1) is 10.2 Å². The number of hydrogen-bond acceptors (Lipinski definition) is 6. The Morgan fingerprint density at radius 2 is 1.69 bits per heavy atom. The molecule has 0 aliphatic carbocycles. The largest absolute Gasteiger partial charge is 0.342 e. The predicted octanol–water partition coefficient (Wildman–Crippen LogP) is 2.54. The zero-order chi connectivity index (χ0) is 20.1. The Morgan fingerprint density at radius 3 is 2.45 bits per heavy atom. The van der Waals surface area contributed by atoms with E-state index >= 15 is 0 Å². The van der Waals surface area contributed by atoms with Gasteiger partial charge >= 0.3 is 0 Å². The van der Waals surface area contributed by atoms with Crippen molar-refractivity contribution < 1.29 is 4.79 Å². The van der Waals surface area contributed by atoms with Crippen LogP contribution in [0.15, 0.2) is 5.16 Å². The highest BCUT2D eigenvalue weighted by Gasteiger charge is 2.32. The lowest BCUT2D eigenvalue weighted by atomic mass is 10.2. The molecule has 0 bridgehead atoms. The lowest BCUT2D eigenvalue weighted by Crippen LogP contribution is -2.41. The SMILES string of the molecule is Cn1c(SCCN2CCCC2)nnc1C1CCCN1CC(=O)N1CCCCCC1. The first-order chi connectivity index (χ1) is 14.2. The summed E-state index contributed by atoms with van der Waals surface area (Å²) in [6, 6.07) is 0.219. The fourth-order valence-corrected chi connectivity index (χ4v) is 5.83. The van der Waals surface area contributed by atoms with Gasteiger partial charge in [0, 0.05) is 32.4 Å². The van der Waals surface area contributed by atoms with Crippen molar-refractivity contribution in [2.24, 2.45) is 7.05 Å². The van der Waals surface area contributed by atoms with Gasteiger partial charge in [0.2, 0.25) is 5.91 Å². The molecule has 1 amide bonds. The van der Waals surface area contributed by atoms with Crippen molar-refractivity contribution in [3.63, 3.8) is 0 Å². The van der Waals surface area contributed by atoms with Crippen LogP contribution in [0.4, 0.5) is 0 Å². The van der Waals surface area contributed by atoms with Crippen molar-refractivity contribution in [2.75, 3.05) is 51.6 Å². The van der Waals surface area contributed by atoms with E-state index < -0.39 is 0 Å². The second-order valence-electron chi connectivity index (χ2n) is 8.72. The first-order valence-corrected chi connectivity index (χ1v) is 12.5. The van der Waals surface area contributed by atoms with Crippen LogP contribution in [0, 0.1) is 0 Å². The van der Waals surface area contributed by atoms with E-state index in [1.54, 1.807) is 0 Å². The summed E-state index contributed by atoms with van der Waals surface area (Å²) in [4.78, 5) is 19.8. The zero-order valence-corrected chi connectivity index (χ0v) is 18.7. The van der Waals surface area contributed by atoms with Gasteiger partial charge in [-0.1, -0.05) is 24.6 Å². The molecule has 1 unspecified atom stereocenters. The number of carbonyl (C=O) groups excluding carboxylic acids is 1. The quantitative estimate of drug-likeness (QED) is 0.632. The van der Waals surface area contributed by atoms with Crippen LogP contribution in [0.2, 0.25) is 0 Å². The average molecular weight is 421 g/mol. The number of amides is 1. The molecule has 3 aliphatic heterocycles. The molecule has 3 aliphatic rings. The van der Waals surface area contributed by atoms with Gasteiger partial charge in [0.15, 0.2) is 11.0 Å². The maximum absolute atomic E-state index is 12.9. The van der Waals surface area contributed by atoms with E-state index in [1.165, 1.54) is 38.8 Å². The molecule has 1 atom stereocenters. The Balaban J connectivity index is 1.33. The second kappa shape index (κ2) is 10.3. The first kappa shape index (κ1) is 21.1. The topological polar surface area (TPSA) is 57.5 Å². The molecular weight excluding hydrogens is 384 g/mol. The lowest BCUT2D eigenvalue weighted by Gasteiger charge is -2.27. The zero-order valence-electron chi connectivity index (χ0n) is 17.9. The highest BCUT2D eigenvalue weighted by molar-refractivity contribution is 7.99. The highest BCUT2D eigenvalue weighted by atomic mass is 32.2. The van der Waals surface area contributed by atoms with Crippen molar-refractivity contribution in [1.82, 2.24) is 29.5 Å². The summed E-state index contributed by atoms with van der Waals surface area (Å²) in [5, 5.41) is 10.0. The van der Waals surface area contributed by atoms with Crippen LogP contribution in [0.25, 0.3) is 0 Å². The summed E-state index contributed by atoms with van der Waals surface area (Å²) in [6.07, 6.45) is 9.69. The molecule has 3 saturated heterocycles. The molecular formula is C21H36N6OS. The van der Waals surface area contributed by atoms with Gasteiger partial charge < -0.3 is 14.4 Å². The van der Waals surface area contributed by atoms with Crippen molar-refractivity contribution in [2.45, 2.75) is 62.6 Å². The number of nitrogens with zero attached hydrogens (tertiary/aromatic N) is 6. The molecule has 29 heavy (non-hydrogen) atoms. The molecule has 4 heterocycles. The van der Waals surface area contributed by atoms with Crippen LogP contribution >= 0.6 is 11.8 Å². The number of thioether (sulfide) groups is 1. The van der Waals surface area contributed by atoms with E-state index in [4.69, 9.17) is 0 Å². The van der Waals surface area contributed by atoms with Crippen molar-refractivity contribution in [3.8, 4) is 0 Å². The van der Waals surface area contributed by atoms with E-state index in [1.807, 2.05) is 11.8 Å². The van der Waals surface area contributed by atoms with Crippen molar-refractivity contribution >= 4 is 17.7 Å². The second-order valence-corrected chi connectivity index (χ2v) is 9.78. The number of hydrogen-bond donors (Lipinski definition) is 0. The number of rotatable bonds is 7. The maximum atomic E-state index is 12.9. The van der Waals surface area contributed by atoms with Crippen LogP contribution in [0.3, 0.4) is 0 Å². The van der Waals surface area contributed by atoms with Crippen LogP contribution in [0.5, 0.6) is 0 Å². The molecule has 4 rings (SSSR count). The molecule has 0 N–H and O–H groups in total.